The molecular weight excluding hydrogens is 312 g/mol. The van der Waals surface area contributed by atoms with Gasteiger partial charge >= 0.3 is 0 Å². The summed E-state index contributed by atoms with van der Waals surface area (Å²) in [5, 5.41) is 10.1. The van der Waals surface area contributed by atoms with Gasteiger partial charge in [-0.1, -0.05) is 6.08 Å². The molecular formula is C19H22N6. The van der Waals surface area contributed by atoms with Crippen LogP contribution in [0.15, 0.2) is 30.6 Å². The van der Waals surface area contributed by atoms with Crippen LogP contribution in [0.3, 0.4) is 0 Å². The zero-order chi connectivity index (χ0) is 17.1. The van der Waals surface area contributed by atoms with Gasteiger partial charge in [0, 0.05) is 38.6 Å². The zero-order valence-electron chi connectivity index (χ0n) is 14.8. The third-order valence-corrected chi connectivity index (χ3v) is 5.70. The lowest BCUT2D eigenvalue weighted by atomic mass is 9.97. The number of hydrogen-bond acceptors (Lipinski definition) is 4. The molecule has 0 spiro atoms. The first-order valence-electron chi connectivity index (χ1n) is 8.89. The Kier molecular flexibility index (Phi) is 3.04. The van der Waals surface area contributed by atoms with Gasteiger partial charge in [-0.3, -0.25) is 9.36 Å². The van der Waals surface area contributed by atoms with Gasteiger partial charge in [0.05, 0.1) is 22.5 Å². The molecule has 6 heteroatoms. The van der Waals surface area contributed by atoms with E-state index < -0.39 is 0 Å². The topological polar surface area (TPSA) is 51.8 Å². The Morgan fingerprint density at radius 3 is 2.72 bits per heavy atom. The molecule has 2 aliphatic rings. The number of nitrogens with zero attached hydrogens (tertiary/aromatic N) is 6. The van der Waals surface area contributed by atoms with Crippen molar-refractivity contribution in [1.82, 2.24) is 24.5 Å². The molecule has 1 fully saturated rings. The monoisotopic (exact) mass is 334 g/mol. The Morgan fingerprint density at radius 2 is 1.96 bits per heavy atom. The SMILES string of the molecule is Cc1nn(C)c2nccc(N3C4C=C(c5ccnn5C)CC3CC4)c12. The number of aromatic nitrogens is 5. The molecule has 128 valence electrons. The standard InChI is InChI=1S/C19H22N6/c1-12-18-17(6-8-20-19(18)24(3)22-12)25-14-4-5-15(25)11-13(10-14)16-7-9-21-23(16)2/h6-10,14-15H,4-5,11H2,1-3H3. The second kappa shape index (κ2) is 5.18. The molecule has 1 saturated heterocycles. The molecule has 3 aromatic rings. The number of aryl methyl sites for hydroxylation is 3. The molecule has 0 saturated carbocycles. The Hall–Kier alpha value is -2.63. The van der Waals surface area contributed by atoms with Crippen LogP contribution < -0.4 is 4.90 Å². The van der Waals surface area contributed by atoms with Gasteiger partial charge in [0.15, 0.2) is 5.65 Å². The average Bonchev–Trinajstić information content (AvgIpc) is 3.23. The fourth-order valence-electron chi connectivity index (χ4n) is 4.66. The summed E-state index contributed by atoms with van der Waals surface area (Å²) < 4.78 is 3.87. The van der Waals surface area contributed by atoms with Gasteiger partial charge in [-0.05, 0) is 43.9 Å². The fourth-order valence-corrected chi connectivity index (χ4v) is 4.66. The minimum atomic E-state index is 0.439. The van der Waals surface area contributed by atoms with Gasteiger partial charge in [0.1, 0.15) is 0 Å². The smallest absolute Gasteiger partial charge is 0.159 e. The second-order valence-electron chi connectivity index (χ2n) is 7.18. The van der Waals surface area contributed by atoms with E-state index in [2.05, 4.69) is 45.2 Å². The van der Waals surface area contributed by atoms with Crippen molar-refractivity contribution in [1.29, 1.82) is 0 Å². The summed E-state index contributed by atoms with van der Waals surface area (Å²) in [7, 11) is 3.99. The lowest BCUT2D eigenvalue weighted by molar-refractivity contribution is 0.651. The number of hydrogen-bond donors (Lipinski definition) is 0. The van der Waals surface area contributed by atoms with Gasteiger partial charge in [-0.25, -0.2) is 4.98 Å². The lowest BCUT2D eigenvalue weighted by Gasteiger charge is -2.36. The Balaban J connectivity index is 1.61. The maximum absolute atomic E-state index is 4.58. The van der Waals surface area contributed by atoms with E-state index >= 15 is 0 Å². The summed E-state index contributed by atoms with van der Waals surface area (Å²) in [5.41, 5.74) is 5.98. The van der Waals surface area contributed by atoms with Crippen molar-refractivity contribution in [2.45, 2.75) is 38.3 Å². The van der Waals surface area contributed by atoms with Gasteiger partial charge < -0.3 is 4.90 Å². The van der Waals surface area contributed by atoms with Crippen LogP contribution in [-0.4, -0.2) is 36.6 Å². The highest BCUT2D eigenvalue weighted by Gasteiger charge is 2.38. The molecule has 3 aromatic heterocycles. The third-order valence-electron chi connectivity index (χ3n) is 5.70. The summed E-state index contributed by atoms with van der Waals surface area (Å²) in [5.74, 6) is 0. The van der Waals surface area contributed by atoms with Crippen molar-refractivity contribution in [3.8, 4) is 0 Å². The summed E-state index contributed by atoms with van der Waals surface area (Å²) >= 11 is 0. The van der Waals surface area contributed by atoms with Crippen LogP contribution in [0.25, 0.3) is 16.6 Å². The van der Waals surface area contributed by atoms with Crippen LogP contribution >= 0.6 is 0 Å². The molecule has 6 nitrogen and oxygen atoms in total. The maximum Gasteiger partial charge on any atom is 0.159 e. The van der Waals surface area contributed by atoms with E-state index in [0.717, 1.165) is 17.8 Å². The molecule has 2 bridgehead atoms. The largest absolute Gasteiger partial charge is 0.361 e. The van der Waals surface area contributed by atoms with Gasteiger partial charge in [0.25, 0.3) is 0 Å². The first kappa shape index (κ1) is 14.7. The molecule has 0 N–H and O–H groups in total. The second-order valence-corrected chi connectivity index (χ2v) is 7.18. The minimum absolute atomic E-state index is 0.439. The lowest BCUT2D eigenvalue weighted by Crippen LogP contribution is -2.38. The minimum Gasteiger partial charge on any atom is -0.361 e. The molecule has 0 aliphatic carbocycles. The van der Waals surface area contributed by atoms with Crippen LogP contribution in [-0.2, 0) is 14.1 Å². The number of anilines is 1. The van der Waals surface area contributed by atoms with E-state index in [9.17, 15) is 0 Å². The van der Waals surface area contributed by atoms with Crippen molar-refractivity contribution < 1.29 is 0 Å². The first-order chi connectivity index (χ1) is 12.1. The molecule has 5 heterocycles. The molecule has 0 radical (unpaired) electrons. The van der Waals surface area contributed by atoms with Crippen molar-refractivity contribution in [2.75, 3.05) is 4.90 Å². The van der Waals surface area contributed by atoms with Crippen LogP contribution in [0.5, 0.6) is 0 Å². The van der Waals surface area contributed by atoms with Crippen molar-refractivity contribution in [2.24, 2.45) is 14.1 Å². The van der Waals surface area contributed by atoms with Crippen LogP contribution in [0.1, 0.15) is 30.7 Å². The number of pyridine rings is 1. The zero-order valence-corrected chi connectivity index (χ0v) is 14.8. The maximum atomic E-state index is 4.58. The van der Waals surface area contributed by atoms with Gasteiger partial charge in [0.2, 0.25) is 0 Å². The third kappa shape index (κ3) is 2.06. The van der Waals surface area contributed by atoms with E-state index in [1.807, 2.05) is 35.9 Å². The summed E-state index contributed by atoms with van der Waals surface area (Å²) in [6.45, 7) is 2.08. The normalized spacial score (nSPS) is 22.7. The van der Waals surface area contributed by atoms with E-state index in [1.165, 1.54) is 35.2 Å². The van der Waals surface area contributed by atoms with Crippen LogP contribution in [0.2, 0.25) is 0 Å². The quantitative estimate of drug-likeness (QED) is 0.723. The summed E-state index contributed by atoms with van der Waals surface area (Å²) in [6, 6.07) is 5.25. The fraction of sp³-hybridized carbons (Fsp3) is 0.421. The highest BCUT2D eigenvalue weighted by Crippen LogP contribution is 2.43. The van der Waals surface area contributed by atoms with E-state index in [-0.39, 0.29) is 0 Å². The molecule has 25 heavy (non-hydrogen) atoms. The Labute approximate surface area is 146 Å². The molecule has 2 atom stereocenters. The van der Waals surface area contributed by atoms with Crippen molar-refractivity contribution >= 4 is 22.3 Å². The van der Waals surface area contributed by atoms with Crippen LogP contribution in [0.4, 0.5) is 5.69 Å². The van der Waals surface area contributed by atoms with E-state index in [4.69, 9.17) is 0 Å². The Bertz CT molecular complexity index is 995. The summed E-state index contributed by atoms with van der Waals surface area (Å²) in [6.07, 6.45) is 9.74. The van der Waals surface area contributed by atoms with E-state index in [1.54, 1.807) is 0 Å². The molecule has 2 aliphatic heterocycles. The highest BCUT2D eigenvalue weighted by atomic mass is 15.3. The highest BCUT2D eigenvalue weighted by molar-refractivity contribution is 5.93. The van der Waals surface area contributed by atoms with Crippen molar-refractivity contribution in [3.05, 3.63) is 42.0 Å². The predicted octanol–water partition coefficient (Wildman–Crippen LogP) is 2.83. The predicted molar refractivity (Wildman–Crippen MR) is 98.3 cm³/mol. The average molecular weight is 334 g/mol. The summed E-state index contributed by atoms with van der Waals surface area (Å²) in [4.78, 5) is 7.14. The molecule has 0 amide bonds. The van der Waals surface area contributed by atoms with Crippen molar-refractivity contribution in [3.63, 3.8) is 0 Å². The number of fused-ring (bicyclic) bond motifs is 3. The van der Waals surface area contributed by atoms with E-state index in [0.29, 0.717) is 12.1 Å². The molecule has 0 aromatic carbocycles. The molecule has 2 unspecified atom stereocenters. The van der Waals surface area contributed by atoms with Gasteiger partial charge in [-0.2, -0.15) is 10.2 Å². The Morgan fingerprint density at radius 1 is 1.08 bits per heavy atom. The number of rotatable bonds is 2. The first-order valence-corrected chi connectivity index (χ1v) is 8.89. The molecule has 5 rings (SSSR count). The van der Waals surface area contributed by atoms with Gasteiger partial charge in [-0.15, -0.1) is 0 Å². The van der Waals surface area contributed by atoms with Crippen LogP contribution in [0, 0.1) is 6.92 Å².